The highest BCUT2D eigenvalue weighted by Gasteiger charge is 2.18. The third-order valence-electron chi connectivity index (χ3n) is 2.87. The Bertz CT molecular complexity index is 733. The Kier molecular flexibility index (Phi) is 3.15. The number of aromatic nitrogens is 3. The standard InChI is InChI=1S/C14H12N4OS/c1-9-7-16-11(8-15-9)13(19)18(2)14-17-10-5-3-4-6-12(10)20-14/h3-8H,1-2H3. The maximum Gasteiger partial charge on any atom is 0.279 e. The van der Waals surface area contributed by atoms with Gasteiger partial charge in [0.15, 0.2) is 5.13 Å². The normalized spacial score (nSPS) is 10.7. The number of carbonyl (C=O) groups is 1. The molecule has 100 valence electrons. The molecule has 2 aromatic heterocycles. The number of fused-ring (bicyclic) bond motifs is 1. The quantitative estimate of drug-likeness (QED) is 0.726. The molecule has 3 rings (SSSR count). The Balaban J connectivity index is 1.93. The minimum Gasteiger partial charge on any atom is -0.286 e. The largest absolute Gasteiger partial charge is 0.286 e. The van der Waals surface area contributed by atoms with Crippen LogP contribution in [0.2, 0.25) is 0 Å². The number of para-hydroxylation sites is 1. The van der Waals surface area contributed by atoms with Gasteiger partial charge in [0.2, 0.25) is 0 Å². The SMILES string of the molecule is Cc1cnc(C(=O)N(C)c2nc3ccccc3s2)cn1. The summed E-state index contributed by atoms with van der Waals surface area (Å²) in [6.45, 7) is 1.83. The van der Waals surface area contributed by atoms with Gasteiger partial charge >= 0.3 is 0 Å². The molecule has 1 aromatic carbocycles. The van der Waals surface area contributed by atoms with Crippen molar-refractivity contribution in [1.82, 2.24) is 15.0 Å². The minimum absolute atomic E-state index is 0.212. The van der Waals surface area contributed by atoms with E-state index in [1.165, 1.54) is 22.4 Å². The fourth-order valence-corrected chi connectivity index (χ4v) is 2.69. The molecule has 6 heteroatoms. The lowest BCUT2D eigenvalue weighted by atomic mass is 10.3. The molecule has 0 aliphatic heterocycles. The maximum absolute atomic E-state index is 12.3. The second kappa shape index (κ2) is 4.97. The summed E-state index contributed by atoms with van der Waals surface area (Å²) in [5, 5.41) is 0.651. The third kappa shape index (κ3) is 2.25. The van der Waals surface area contributed by atoms with E-state index in [0.717, 1.165) is 15.9 Å². The Morgan fingerprint density at radius 3 is 2.70 bits per heavy atom. The van der Waals surface area contributed by atoms with Gasteiger partial charge in [0.05, 0.1) is 22.1 Å². The molecule has 5 nitrogen and oxygen atoms in total. The van der Waals surface area contributed by atoms with E-state index < -0.39 is 0 Å². The van der Waals surface area contributed by atoms with Gasteiger partial charge in [-0.1, -0.05) is 23.5 Å². The summed E-state index contributed by atoms with van der Waals surface area (Å²) in [7, 11) is 1.70. The number of rotatable bonds is 2. The molecule has 0 saturated carbocycles. The predicted octanol–water partition coefficient (Wildman–Crippen LogP) is 2.67. The van der Waals surface area contributed by atoms with E-state index in [9.17, 15) is 4.79 Å². The first kappa shape index (κ1) is 12.7. The van der Waals surface area contributed by atoms with E-state index in [1.807, 2.05) is 31.2 Å². The Hall–Kier alpha value is -2.34. The van der Waals surface area contributed by atoms with Crippen molar-refractivity contribution in [3.05, 3.63) is 48.0 Å². The van der Waals surface area contributed by atoms with Crippen molar-refractivity contribution in [1.29, 1.82) is 0 Å². The van der Waals surface area contributed by atoms with Gasteiger partial charge in [-0.15, -0.1) is 0 Å². The lowest BCUT2D eigenvalue weighted by molar-refractivity contribution is 0.0988. The van der Waals surface area contributed by atoms with Crippen LogP contribution in [0.15, 0.2) is 36.7 Å². The van der Waals surface area contributed by atoms with Crippen LogP contribution >= 0.6 is 11.3 Å². The van der Waals surface area contributed by atoms with Gasteiger partial charge in [0, 0.05) is 13.2 Å². The summed E-state index contributed by atoms with van der Waals surface area (Å²) in [5.74, 6) is -0.212. The second-order valence-electron chi connectivity index (χ2n) is 4.37. The number of hydrogen-bond acceptors (Lipinski definition) is 5. The molecule has 0 aliphatic rings. The molecule has 0 saturated heterocycles. The van der Waals surface area contributed by atoms with Gasteiger partial charge in [-0.05, 0) is 19.1 Å². The van der Waals surface area contributed by atoms with Crippen LogP contribution < -0.4 is 4.90 Å². The van der Waals surface area contributed by atoms with Crippen molar-refractivity contribution >= 4 is 32.6 Å². The molecule has 0 radical (unpaired) electrons. The zero-order valence-electron chi connectivity index (χ0n) is 11.1. The van der Waals surface area contributed by atoms with Crippen LogP contribution in [0.3, 0.4) is 0 Å². The highest BCUT2D eigenvalue weighted by atomic mass is 32.1. The smallest absolute Gasteiger partial charge is 0.279 e. The van der Waals surface area contributed by atoms with E-state index in [1.54, 1.807) is 13.2 Å². The second-order valence-corrected chi connectivity index (χ2v) is 5.38. The van der Waals surface area contributed by atoms with Gasteiger partial charge in [0.25, 0.3) is 5.91 Å². The van der Waals surface area contributed by atoms with Crippen LogP contribution in [-0.4, -0.2) is 27.9 Å². The van der Waals surface area contributed by atoms with E-state index in [2.05, 4.69) is 15.0 Å². The molecule has 0 unspecified atom stereocenters. The lowest BCUT2D eigenvalue weighted by Crippen LogP contribution is -2.27. The average Bonchev–Trinajstić information content (AvgIpc) is 2.90. The molecule has 0 bridgehead atoms. The van der Waals surface area contributed by atoms with Gasteiger partial charge in [-0.2, -0.15) is 0 Å². The highest BCUT2D eigenvalue weighted by molar-refractivity contribution is 7.22. The Morgan fingerprint density at radius 1 is 1.20 bits per heavy atom. The van der Waals surface area contributed by atoms with Gasteiger partial charge < -0.3 is 0 Å². The zero-order chi connectivity index (χ0) is 14.1. The Labute approximate surface area is 119 Å². The van der Waals surface area contributed by atoms with Crippen molar-refractivity contribution in [2.24, 2.45) is 0 Å². The minimum atomic E-state index is -0.212. The number of amides is 1. The highest BCUT2D eigenvalue weighted by Crippen LogP contribution is 2.28. The molecule has 1 amide bonds. The number of nitrogens with zero attached hydrogens (tertiary/aromatic N) is 4. The molecule has 0 spiro atoms. The van der Waals surface area contributed by atoms with Crippen LogP contribution in [0.1, 0.15) is 16.2 Å². The lowest BCUT2D eigenvalue weighted by Gasteiger charge is -2.12. The molecule has 3 aromatic rings. The number of anilines is 1. The first-order chi connectivity index (χ1) is 9.65. The van der Waals surface area contributed by atoms with Crippen molar-refractivity contribution < 1.29 is 4.79 Å². The fraction of sp³-hybridized carbons (Fsp3) is 0.143. The first-order valence-electron chi connectivity index (χ1n) is 6.07. The molecule has 0 N–H and O–H groups in total. The average molecular weight is 284 g/mol. The monoisotopic (exact) mass is 284 g/mol. The van der Waals surface area contributed by atoms with E-state index >= 15 is 0 Å². The molecular formula is C14H12N4OS. The summed E-state index contributed by atoms with van der Waals surface area (Å²) in [6.07, 6.45) is 3.07. The summed E-state index contributed by atoms with van der Waals surface area (Å²) < 4.78 is 1.05. The van der Waals surface area contributed by atoms with Crippen LogP contribution in [0, 0.1) is 6.92 Å². The molecule has 0 fully saturated rings. The number of hydrogen-bond donors (Lipinski definition) is 0. The van der Waals surface area contributed by atoms with Crippen molar-refractivity contribution in [3.63, 3.8) is 0 Å². The summed E-state index contributed by atoms with van der Waals surface area (Å²) >= 11 is 1.48. The predicted molar refractivity (Wildman–Crippen MR) is 79.1 cm³/mol. The number of benzene rings is 1. The summed E-state index contributed by atoms with van der Waals surface area (Å²) in [5.41, 5.74) is 1.99. The van der Waals surface area contributed by atoms with Gasteiger partial charge in [-0.3, -0.25) is 14.7 Å². The van der Waals surface area contributed by atoms with Crippen LogP contribution in [-0.2, 0) is 0 Å². The van der Waals surface area contributed by atoms with Crippen LogP contribution in [0.5, 0.6) is 0 Å². The third-order valence-corrected chi connectivity index (χ3v) is 3.99. The molecule has 0 aliphatic carbocycles. The maximum atomic E-state index is 12.3. The number of thiazole rings is 1. The topological polar surface area (TPSA) is 59.0 Å². The van der Waals surface area contributed by atoms with E-state index in [0.29, 0.717) is 10.8 Å². The van der Waals surface area contributed by atoms with E-state index in [-0.39, 0.29) is 5.91 Å². The zero-order valence-corrected chi connectivity index (χ0v) is 11.9. The fourth-order valence-electron chi connectivity index (χ4n) is 1.77. The van der Waals surface area contributed by atoms with Crippen molar-refractivity contribution in [3.8, 4) is 0 Å². The summed E-state index contributed by atoms with van der Waals surface area (Å²) in [6, 6.07) is 7.80. The van der Waals surface area contributed by atoms with Crippen molar-refractivity contribution in [2.75, 3.05) is 11.9 Å². The van der Waals surface area contributed by atoms with E-state index in [4.69, 9.17) is 0 Å². The Morgan fingerprint density at radius 2 is 2.00 bits per heavy atom. The first-order valence-corrected chi connectivity index (χ1v) is 6.89. The van der Waals surface area contributed by atoms with Crippen LogP contribution in [0.25, 0.3) is 10.2 Å². The van der Waals surface area contributed by atoms with Crippen molar-refractivity contribution in [2.45, 2.75) is 6.92 Å². The number of carbonyl (C=O) groups excluding carboxylic acids is 1. The molecule has 0 atom stereocenters. The number of aryl methyl sites for hydroxylation is 1. The molecule has 2 heterocycles. The molecule has 20 heavy (non-hydrogen) atoms. The molecular weight excluding hydrogens is 272 g/mol. The van der Waals surface area contributed by atoms with Crippen LogP contribution in [0.4, 0.5) is 5.13 Å². The van der Waals surface area contributed by atoms with Gasteiger partial charge in [0.1, 0.15) is 5.69 Å². The van der Waals surface area contributed by atoms with Gasteiger partial charge in [-0.25, -0.2) is 9.97 Å². The summed E-state index contributed by atoms with van der Waals surface area (Å²) in [4.78, 5) is 26.5.